The van der Waals surface area contributed by atoms with E-state index in [0.717, 1.165) is 12.1 Å². The number of nitrogens with one attached hydrogen (secondary N) is 2. The number of hydrogen-bond donors (Lipinski definition) is 2. The molecule has 2 aromatic carbocycles. The van der Waals surface area contributed by atoms with Crippen molar-refractivity contribution in [3.63, 3.8) is 0 Å². The van der Waals surface area contributed by atoms with Gasteiger partial charge in [-0.25, -0.2) is 10.4 Å². The van der Waals surface area contributed by atoms with E-state index >= 15 is 0 Å². The number of alkyl halides is 3. The third kappa shape index (κ3) is 4.36. The Morgan fingerprint density at radius 2 is 1.97 bits per heavy atom. The number of halogens is 3. The maximum atomic E-state index is 13.1. The fourth-order valence-corrected chi connectivity index (χ4v) is 4.46. The SMILES string of the molecule is O=C1C2CNNC2N=C(SCc2nc(-c3cccc(C(F)(F)F)c3)no2)N1c1ccccc1. The Balaban J connectivity index is 1.36. The van der Waals surface area contributed by atoms with E-state index in [1.807, 2.05) is 30.3 Å². The third-order valence-corrected chi connectivity index (χ3v) is 6.12. The predicted molar refractivity (Wildman–Crippen MR) is 116 cm³/mol. The smallest absolute Gasteiger partial charge is 0.338 e. The van der Waals surface area contributed by atoms with E-state index in [9.17, 15) is 18.0 Å². The van der Waals surface area contributed by atoms with Crippen molar-refractivity contribution in [2.45, 2.75) is 18.1 Å². The molecule has 5 rings (SSSR count). The van der Waals surface area contributed by atoms with Crippen LogP contribution in [-0.4, -0.2) is 33.9 Å². The zero-order valence-electron chi connectivity index (χ0n) is 16.9. The molecule has 0 radical (unpaired) electrons. The first-order valence-electron chi connectivity index (χ1n) is 9.98. The van der Waals surface area contributed by atoms with Crippen molar-refractivity contribution in [1.82, 2.24) is 21.0 Å². The summed E-state index contributed by atoms with van der Waals surface area (Å²) >= 11 is 1.23. The molecule has 2 atom stereocenters. The first-order chi connectivity index (χ1) is 15.9. The van der Waals surface area contributed by atoms with E-state index in [1.54, 1.807) is 4.90 Å². The highest BCUT2D eigenvalue weighted by Crippen LogP contribution is 2.33. The van der Waals surface area contributed by atoms with E-state index in [1.165, 1.54) is 23.9 Å². The number of amidine groups is 1. The van der Waals surface area contributed by atoms with Crippen LogP contribution in [0.2, 0.25) is 0 Å². The second kappa shape index (κ2) is 8.61. The molecule has 0 aliphatic carbocycles. The Morgan fingerprint density at radius 1 is 1.15 bits per heavy atom. The van der Waals surface area contributed by atoms with Crippen molar-refractivity contribution < 1.29 is 22.5 Å². The van der Waals surface area contributed by atoms with Gasteiger partial charge in [-0.05, 0) is 24.3 Å². The minimum absolute atomic E-state index is 0.0556. The molecule has 12 heteroatoms. The number of aliphatic imine (C=N–C) groups is 1. The van der Waals surface area contributed by atoms with Gasteiger partial charge in [0.1, 0.15) is 6.17 Å². The largest absolute Gasteiger partial charge is 0.416 e. The van der Waals surface area contributed by atoms with Crippen molar-refractivity contribution in [2.75, 3.05) is 11.4 Å². The van der Waals surface area contributed by atoms with Gasteiger partial charge in [-0.3, -0.25) is 15.1 Å². The summed E-state index contributed by atoms with van der Waals surface area (Å²) in [7, 11) is 0. The number of rotatable bonds is 4. The summed E-state index contributed by atoms with van der Waals surface area (Å²) in [6.45, 7) is 0.471. The van der Waals surface area contributed by atoms with Gasteiger partial charge in [-0.15, -0.1) is 0 Å². The number of hydrogen-bond acceptors (Lipinski definition) is 8. The van der Waals surface area contributed by atoms with Crippen LogP contribution in [0.15, 0.2) is 64.1 Å². The zero-order valence-corrected chi connectivity index (χ0v) is 17.7. The van der Waals surface area contributed by atoms with E-state index in [0.29, 0.717) is 17.4 Å². The number of nitrogens with zero attached hydrogens (tertiary/aromatic N) is 4. The maximum Gasteiger partial charge on any atom is 0.416 e. The molecule has 1 saturated heterocycles. The van der Waals surface area contributed by atoms with Crippen LogP contribution in [0.5, 0.6) is 0 Å². The van der Waals surface area contributed by atoms with Gasteiger partial charge in [0.25, 0.3) is 0 Å². The molecule has 0 saturated carbocycles. The molecule has 0 bridgehead atoms. The normalized spacial score (nSPS) is 20.6. The van der Waals surface area contributed by atoms with Gasteiger partial charge >= 0.3 is 6.18 Å². The summed E-state index contributed by atoms with van der Waals surface area (Å²) in [5.74, 6) is 0.0312. The lowest BCUT2D eigenvalue weighted by Gasteiger charge is -2.32. The second-order valence-corrected chi connectivity index (χ2v) is 8.32. The highest BCUT2D eigenvalue weighted by atomic mass is 32.2. The van der Waals surface area contributed by atoms with Crippen LogP contribution in [-0.2, 0) is 16.7 Å². The average Bonchev–Trinajstić information content (AvgIpc) is 3.48. The maximum absolute atomic E-state index is 13.1. The number of hydrazine groups is 1. The first kappa shape index (κ1) is 21.6. The van der Waals surface area contributed by atoms with Gasteiger partial charge in [0, 0.05) is 12.1 Å². The molecule has 1 fully saturated rings. The third-order valence-electron chi connectivity index (χ3n) is 5.19. The molecule has 8 nitrogen and oxygen atoms in total. The fourth-order valence-electron chi connectivity index (χ4n) is 3.58. The number of aromatic nitrogens is 2. The number of thioether (sulfide) groups is 1. The lowest BCUT2D eigenvalue weighted by molar-refractivity contribution is -0.137. The summed E-state index contributed by atoms with van der Waals surface area (Å²) in [4.78, 5) is 23.6. The number of benzene rings is 2. The van der Waals surface area contributed by atoms with Gasteiger partial charge in [-0.2, -0.15) is 18.2 Å². The Hall–Kier alpha value is -3.22. The summed E-state index contributed by atoms with van der Waals surface area (Å²) < 4.78 is 44.2. The molecule has 1 amide bonds. The van der Waals surface area contributed by atoms with Crippen molar-refractivity contribution in [1.29, 1.82) is 0 Å². The van der Waals surface area contributed by atoms with Crippen LogP contribution >= 0.6 is 11.8 Å². The van der Waals surface area contributed by atoms with Crippen LogP contribution in [0.25, 0.3) is 11.4 Å². The lowest BCUT2D eigenvalue weighted by Crippen LogP contribution is -2.49. The molecular weight excluding hydrogens is 457 g/mol. The van der Waals surface area contributed by atoms with E-state index in [4.69, 9.17) is 4.52 Å². The zero-order chi connectivity index (χ0) is 23.0. The van der Waals surface area contributed by atoms with Crippen LogP contribution in [0, 0.1) is 5.92 Å². The molecule has 2 N–H and O–H groups in total. The molecule has 170 valence electrons. The van der Waals surface area contributed by atoms with E-state index < -0.39 is 11.7 Å². The Labute approximate surface area is 190 Å². The molecule has 3 heterocycles. The summed E-state index contributed by atoms with van der Waals surface area (Å²) in [5, 5.41) is 4.27. The van der Waals surface area contributed by atoms with E-state index in [-0.39, 0.29) is 41.0 Å². The highest BCUT2D eigenvalue weighted by molar-refractivity contribution is 8.13. The topological polar surface area (TPSA) is 95.6 Å². The summed E-state index contributed by atoms with van der Waals surface area (Å²) in [6.07, 6.45) is -4.85. The fraction of sp³-hybridized carbons (Fsp3) is 0.238. The van der Waals surface area contributed by atoms with Gasteiger partial charge in [-0.1, -0.05) is 47.3 Å². The van der Waals surface area contributed by atoms with Gasteiger partial charge in [0.05, 0.1) is 22.9 Å². The first-order valence-corrected chi connectivity index (χ1v) is 11.0. The van der Waals surface area contributed by atoms with Crippen molar-refractivity contribution >= 4 is 28.5 Å². The molecule has 2 unspecified atom stereocenters. The van der Waals surface area contributed by atoms with Gasteiger partial charge in [0.2, 0.25) is 17.6 Å². The molecule has 2 aliphatic rings. The standard InChI is InChI=1S/C21H17F3N6O2S/c22-21(23,24)13-6-4-5-12(9-13)17-26-16(32-29-17)11-33-20-27-18-15(10-25-28-18)19(31)30(20)14-7-2-1-3-8-14/h1-9,15,18,25,28H,10-11H2. The minimum atomic E-state index is -4.47. The van der Waals surface area contributed by atoms with Crippen LogP contribution < -0.4 is 15.8 Å². The van der Waals surface area contributed by atoms with Crippen LogP contribution in [0.4, 0.5) is 18.9 Å². The summed E-state index contributed by atoms with van der Waals surface area (Å²) in [6, 6.07) is 13.9. The number of anilines is 1. The molecule has 2 aliphatic heterocycles. The van der Waals surface area contributed by atoms with Crippen molar-refractivity contribution in [3.05, 3.63) is 66.1 Å². The van der Waals surface area contributed by atoms with Crippen LogP contribution in [0.3, 0.4) is 0 Å². The Kier molecular flexibility index (Phi) is 5.64. The Morgan fingerprint density at radius 3 is 2.76 bits per heavy atom. The number of para-hydroxylation sites is 1. The predicted octanol–water partition coefficient (Wildman–Crippen LogP) is 3.44. The number of fused-ring (bicyclic) bond motifs is 1. The number of amides is 1. The molecule has 33 heavy (non-hydrogen) atoms. The monoisotopic (exact) mass is 474 g/mol. The Bertz CT molecular complexity index is 1200. The molecule has 0 spiro atoms. The molecular formula is C21H17F3N6O2S. The molecule has 1 aromatic heterocycles. The van der Waals surface area contributed by atoms with Gasteiger partial charge in [0.15, 0.2) is 5.17 Å². The van der Waals surface area contributed by atoms with Gasteiger partial charge < -0.3 is 4.52 Å². The quantitative estimate of drug-likeness (QED) is 0.598. The second-order valence-electron chi connectivity index (χ2n) is 7.38. The molecule has 3 aromatic rings. The highest BCUT2D eigenvalue weighted by Gasteiger charge is 2.42. The number of carbonyl (C=O) groups excluding carboxylic acids is 1. The average molecular weight is 474 g/mol. The minimum Gasteiger partial charge on any atom is -0.338 e. The van der Waals surface area contributed by atoms with Crippen LogP contribution in [0.1, 0.15) is 11.5 Å². The number of carbonyl (C=O) groups is 1. The van der Waals surface area contributed by atoms with E-state index in [2.05, 4.69) is 26.0 Å². The summed E-state index contributed by atoms with van der Waals surface area (Å²) in [5.41, 5.74) is 6.05. The lowest BCUT2D eigenvalue weighted by atomic mass is 10.1. The van der Waals surface area contributed by atoms with Crippen molar-refractivity contribution in [3.8, 4) is 11.4 Å². The van der Waals surface area contributed by atoms with Crippen molar-refractivity contribution in [2.24, 2.45) is 10.9 Å².